The molecule has 0 saturated heterocycles. The molecule has 1 fully saturated rings. The van der Waals surface area contributed by atoms with Crippen LogP contribution in [0.5, 0.6) is 11.5 Å². The van der Waals surface area contributed by atoms with Crippen molar-refractivity contribution in [3.63, 3.8) is 0 Å². The molecule has 41 heavy (non-hydrogen) atoms. The van der Waals surface area contributed by atoms with Crippen molar-refractivity contribution in [2.45, 2.75) is 50.4 Å². The summed E-state index contributed by atoms with van der Waals surface area (Å²) < 4.78 is 42.3. The number of sulfonamides is 1. The van der Waals surface area contributed by atoms with Crippen LogP contribution >= 0.6 is 0 Å². The van der Waals surface area contributed by atoms with E-state index in [1.807, 2.05) is 22.9 Å². The molecule has 2 amide bonds. The van der Waals surface area contributed by atoms with E-state index in [4.69, 9.17) is 19.9 Å². The lowest BCUT2D eigenvalue weighted by Crippen LogP contribution is -2.30. The van der Waals surface area contributed by atoms with E-state index in [1.165, 1.54) is 0 Å². The molecule has 10 nitrogen and oxygen atoms in total. The summed E-state index contributed by atoms with van der Waals surface area (Å²) in [7, 11) is -3.73. The van der Waals surface area contributed by atoms with E-state index in [0.29, 0.717) is 17.1 Å². The van der Waals surface area contributed by atoms with Crippen LogP contribution in [-0.4, -0.2) is 50.6 Å². The van der Waals surface area contributed by atoms with Crippen LogP contribution in [0.15, 0.2) is 72.8 Å². The van der Waals surface area contributed by atoms with Gasteiger partial charge in [-0.15, -0.1) is 0 Å². The topological polar surface area (TPSA) is 154 Å². The van der Waals surface area contributed by atoms with Crippen molar-refractivity contribution in [3.05, 3.63) is 83.9 Å². The fraction of sp³-hybridized carbons (Fsp3) is 0.333. The van der Waals surface area contributed by atoms with Gasteiger partial charge >= 0.3 is 6.09 Å². The second-order valence-electron chi connectivity index (χ2n) is 9.93. The molecule has 218 valence electrons. The van der Waals surface area contributed by atoms with Gasteiger partial charge in [-0.05, 0) is 66.6 Å². The van der Waals surface area contributed by atoms with Crippen LogP contribution in [0.3, 0.4) is 0 Å². The molecule has 4 rings (SSSR count). The lowest BCUT2D eigenvalue weighted by molar-refractivity contribution is -0.00537. The summed E-state index contributed by atoms with van der Waals surface area (Å²) in [5.74, 6) is 0.146. The highest BCUT2D eigenvalue weighted by Gasteiger charge is 2.25. The maximum atomic E-state index is 12.6. The molecule has 1 saturated carbocycles. The summed E-state index contributed by atoms with van der Waals surface area (Å²) in [6.07, 6.45) is 2.00. The summed E-state index contributed by atoms with van der Waals surface area (Å²) in [4.78, 5) is 24.0. The van der Waals surface area contributed by atoms with Gasteiger partial charge in [0, 0.05) is 6.42 Å². The van der Waals surface area contributed by atoms with E-state index in [0.717, 1.165) is 43.1 Å². The van der Waals surface area contributed by atoms with E-state index in [1.54, 1.807) is 54.6 Å². The van der Waals surface area contributed by atoms with E-state index >= 15 is 0 Å². The highest BCUT2D eigenvalue weighted by atomic mass is 32.2. The first-order valence-corrected chi connectivity index (χ1v) is 15.2. The maximum Gasteiger partial charge on any atom is 0.404 e. The molecule has 0 aromatic heterocycles. The van der Waals surface area contributed by atoms with Crippen molar-refractivity contribution >= 4 is 22.0 Å². The van der Waals surface area contributed by atoms with E-state index in [-0.39, 0.29) is 24.7 Å². The van der Waals surface area contributed by atoms with Crippen molar-refractivity contribution in [2.24, 2.45) is 5.73 Å². The number of rotatable bonds is 12. The van der Waals surface area contributed by atoms with Gasteiger partial charge in [0.05, 0.1) is 24.5 Å². The standard InChI is InChI=1S/C30H34N2O8S/c1-41(36,37)32-29(34)25-16-13-22(19-27(25)39-24-9-5-6-10-24)20-11-14-23(15-12-20)38-18-17-26(40-30(31)35)28(33)21-7-3-2-4-8-21/h2-4,7-8,11-16,19,24,26,28,33H,5-6,9-10,17-18H2,1H3,(H2,31,35)(H,32,34)/t26?,28-/m1/s1. The summed E-state index contributed by atoms with van der Waals surface area (Å²) >= 11 is 0. The van der Waals surface area contributed by atoms with Gasteiger partial charge in [-0.3, -0.25) is 4.79 Å². The molecule has 3 aromatic rings. The number of nitrogens with one attached hydrogen (secondary N) is 1. The van der Waals surface area contributed by atoms with Gasteiger partial charge in [0.2, 0.25) is 10.0 Å². The number of primary amides is 1. The van der Waals surface area contributed by atoms with Crippen LogP contribution in [0, 0.1) is 0 Å². The minimum absolute atomic E-state index is 0.0337. The molecule has 0 bridgehead atoms. The molecule has 0 aliphatic heterocycles. The molecule has 0 heterocycles. The van der Waals surface area contributed by atoms with Crippen molar-refractivity contribution < 1.29 is 37.3 Å². The number of aliphatic hydroxyl groups excluding tert-OH is 1. The molecule has 0 radical (unpaired) electrons. The van der Waals surface area contributed by atoms with Crippen LogP contribution in [-0.2, 0) is 14.8 Å². The highest BCUT2D eigenvalue weighted by Crippen LogP contribution is 2.32. The Morgan fingerprint density at radius 3 is 2.29 bits per heavy atom. The summed E-state index contributed by atoms with van der Waals surface area (Å²) in [6.45, 7) is 0.157. The van der Waals surface area contributed by atoms with E-state index in [2.05, 4.69) is 0 Å². The first-order chi connectivity index (χ1) is 19.6. The monoisotopic (exact) mass is 582 g/mol. The van der Waals surface area contributed by atoms with Gasteiger partial charge in [-0.25, -0.2) is 17.9 Å². The van der Waals surface area contributed by atoms with E-state index in [9.17, 15) is 23.1 Å². The fourth-order valence-electron chi connectivity index (χ4n) is 4.73. The van der Waals surface area contributed by atoms with Gasteiger partial charge < -0.3 is 25.1 Å². The lowest BCUT2D eigenvalue weighted by Gasteiger charge is -2.22. The van der Waals surface area contributed by atoms with Crippen molar-refractivity contribution in [3.8, 4) is 22.6 Å². The predicted molar refractivity (Wildman–Crippen MR) is 153 cm³/mol. The second-order valence-corrected chi connectivity index (χ2v) is 11.7. The average Bonchev–Trinajstić information content (AvgIpc) is 3.45. The van der Waals surface area contributed by atoms with Crippen LogP contribution in [0.2, 0.25) is 0 Å². The quantitative estimate of drug-likeness (QED) is 0.285. The Balaban J connectivity index is 1.44. The number of carbonyl (C=O) groups is 2. The summed E-state index contributed by atoms with van der Waals surface area (Å²) in [6, 6.07) is 21.1. The predicted octanol–water partition coefficient (Wildman–Crippen LogP) is 4.33. The van der Waals surface area contributed by atoms with E-state index < -0.39 is 34.2 Å². The van der Waals surface area contributed by atoms with Crippen LogP contribution in [0.1, 0.15) is 54.1 Å². The Morgan fingerprint density at radius 1 is 1.00 bits per heavy atom. The van der Waals surface area contributed by atoms with Gasteiger partial charge in [-0.1, -0.05) is 48.5 Å². The largest absolute Gasteiger partial charge is 0.493 e. The SMILES string of the molecule is CS(=O)(=O)NC(=O)c1ccc(-c2ccc(OCCC(OC(N)=O)[C@H](O)c3ccccc3)cc2)cc1OC1CCCC1. The van der Waals surface area contributed by atoms with Crippen LogP contribution in [0.25, 0.3) is 11.1 Å². The first-order valence-electron chi connectivity index (χ1n) is 13.3. The molecule has 0 spiro atoms. The second kappa shape index (κ2) is 13.5. The molecule has 2 atom stereocenters. The maximum absolute atomic E-state index is 12.6. The molecular formula is C30H34N2O8S. The average molecular weight is 583 g/mol. The zero-order valence-corrected chi connectivity index (χ0v) is 23.5. The van der Waals surface area contributed by atoms with Gasteiger partial charge in [-0.2, -0.15) is 0 Å². The van der Waals surface area contributed by atoms with Crippen LogP contribution in [0.4, 0.5) is 4.79 Å². The number of nitrogens with two attached hydrogens (primary N) is 1. The molecule has 1 aliphatic rings. The first kappa shape index (κ1) is 29.9. The van der Waals surface area contributed by atoms with Crippen molar-refractivity contribution in [1.82, 2.24) is 4.72 Å². The van der Waals surface area contributed by atoms with Gasteiger partial charge in [0.25, 0.3) is 5.91 Å². The minimum atomic E-state index is -3.73. The number of hydrogen-bond acceptors (Lipinski definition) is 8. The Bertz CT molecular complexity index is 1440. The van der Waals surface area contributed by atoms with Crippen LogP contribution < -0.4 is 19.9 Å². The Labute approximate surface area is 239 Å². The molecule has 4 N–H and O–H groups in total. The number of aliphatic hydroxyl groups is 1. The van der Waals surface area contributed by atoms with Crippen molar-refractivity contribution in [1.29, 1.82) is 0 Å². The van der Waals surface area contributed by atoms with Gasteiger partial charge in [0.1, 0.15) is 23.7 Å². The third-order valence-corrected chi connectivity index (χ3v) is 7.28. The number of ether oxygens (including phenoxy) is 3. The normalized spacial score (nSPS) is 15.1. The molecular weight excluding hydrogens is 548 g/mol. The summed E-state index contributed by atoms with van der Waals surface area (Å²) in [5.41, 5.74) is 7.56. The fourth-order valence-corrected chi connectivity index (χ4v) is 5.17. The third kappa shape index (κ3) is 8.70. The summed E-state index contributed by atoms with van der Waals surface area (Å²) in [5, 5.41) is 10.7. The number of benzene rings is 3. The molecule has 1 unspecified atom stereocenters. The smallest absolute Gasteiger partial charge is 0.404 e. The third-order valence-electron chi connectivity index (χ3n) is 6.72. The number of carbonyl (C=O) groups excluding carboxylic acids is 2. The zero-order valence-electron chi connectivity index (χ0n) is 22.7. The molecule has 1 aliphatic carbocycles. The van der Waals surface area contributed by atoms with Gasteiger partial charge in [0.15, 0.2) is 0 Å². The zero-order chi connectivity index (χ0) is 29.4. The number of amides is 2. The molecule has 11 heteroatoms. The lowest BCUT2D eigenvalue weighted by atomic mass is 10.0. The highest BCUT2D eigenvalue weighted by molar-refractivity contribution is 7.89. The number of hydrogen-bond donors (Lipinski definition) is 3. The Kier molecular flexibility index (Phi) is 9.85. The molecule has 3 aromatic carbocycles. The van der Waals surface area contributed by atoms with Crippen molar-refractivity contribution in [2.75, 3.05) is 12.9 Å². The Morgan fingerprint density at radius 2 is 1.66 bits per heavy atom. The minimum Gasteiger partial charge on any atom is -0.493 e. The Hall–Kier alpha value is -4.09.